The summed E-state index contributed by atoms with van der Waals surface area (Å²) in [6.45, 7) is 6.14. The Balaban J connectivity index is 2.32. The number of rotatable bonds is 2. The molecule has 2 aromatic rings. The van der Waals surface area contributed by atoms with Crippen molar-refractivity contribution in [3.8, 4) is 6.07 Å². The van der Waals surface area contributed by atoms with Gasteiger partial charge in [-0.05, 0) is 17.5 Å². The second-order valence-corrected chi connectivity index (χ2v) is 7.09. The van der Waals surface area contributed by atoms with E-state index in [-0.39, 0.29) is 16.5 Å². The molecule has 0 saturated heterocycles. The Labute approximate surface area is 132 Å². The van der Waals surface area contributed by atoms with Crippen molar-refractivity contribution in [2.24, 2.45) is 7.05 Å². The van der Waals surface area contributed by atoms with Crippen molar-refractivity contribution >= 4 is 22.9 Å². The van der Waals surface area contributed by atoms with Crippen molar-refractivity contribution in [2.45, 2.75) is 26.2 Å². The van der Waals surface area contributed by atoms with Crippen LogP contribution in [0.15, 0.2) is 29.2 Å². The van der Waals surface area contributed by atoms with Crippen LogP contribution in [0.25, 0.3) is 0 Å². The van der Waals surface area contributed by atoms with Crippen LogP contribution in [0, 0.1) is 11.3 Å². The van der Waals surface area contributed by atoms with Crippen LogP contribution in [0.3, 0.4) is 0 Å². The summed E-state index contributed by atoms with van der Waals surface area (Å²) in [5.74, 6) is -0.396. The molecule has 22 heavy (non-hydrogen) atoms. The van der Waals surface area contributed by atoms with Crippen molar-refractivity contribution in [3.63, 3.8) is 0 Å². The van der Waals surface area contributed by atoms with E-state index in [4.69, 9.17) is 0 Å². The summed E-state index contributed by atoms with van der Waals surface area (Å²) >= 11 is 1.37. The van der Waals surface area contributed by atoms with E-state index in [1.54, 1.807) is 13.1 Å². The first-order valence-corrected chi connectivity index (χ1v) is 7.56. The molecule has 0 aliphatic rings. The number of hydrogen-bond acceptors (Lipinski definition) is 4. The summed E-state index contributed by atoms with van der Waals surface area (Å²) in [4.78, 5) is 25.3. The Morgan fingerprint density at radius 1 is 1.36 bits per heavy atom. The van der Waals surface area contributed by atoms with Gasteiger partial charge < -0.3 is 9.88 Å². The minimum Gasteiger partial charge on any atom is -0.320 e. The standard InChI is InChI=1S/C16H17N3O2S/c1-16(2,3)13-8-11(12(9-17)22-13)18-15(21)10-5-6-19(4)14(20)7-10/h5-8H,1-4H3,(H,18,21). The predicted molar refractivity (Wildman–Crippen MR) is 87.4 cm³/mol. The zero-order chi connectivity index (χ0) is 16.5. The molecule has 0 spiro atoms. The molecule has 1 N–H and O–H groups in total. The van der Waals surface area contributed by atoms with E-state index in [9.17, 15) is 14.9 Å². The second kappa shape index (κ2) is 5.78. The highest BCUT2D eigenvalue weighted by molar-refractivity contribution is 7.13. The number of amides is 1. The van der Waals surface area contributed by atoms with Crippen molar-refractivity contribution in [1.29, 1.82) is 5.26 Å². The van der Waals surface area contributed by atoms with Gasteiger partial charge in [0.05, 0.1) is 5.69 Å². The van der Waals surface area contributed by atoms with Crippen LogP contribution in [0.5, 0.6) is 0 Å². The molecule has 2 aromatic heterocycles. The van der Waals surface area contributed by atoms with Gasteiger partial charge in [-0.2, -0.15) is 5.26 Å². The van der Waals surface area contributed by atoms with Crippen molar-refractivity contribution in [2.75, 3.05) is 5.32 Å². The lowest BCUT2D eigenvalue weighted by Crippen LogP contribution is -2.20. The predicted octanol–water partition coefficient (Wildman–Crippen LogP) is 2.87. The van der Waals surface area contributed by atoms with Gasteiger partial charge in [0, 0.05) is 29.8 Å². The van der Waals surface area contributed by atoms with Gasteiger partial charge in [0.2, 0.25) is 0 Å². The highest BCUT2D eigenvalue weighted by Gasteiger charge is 2.21. The van der Waals surface area contributed by atoms with E-state index in [1.165, 1.54) is 28.2 Å². The number of carbonyl (C=O) groups excluding carboxylic acids is 1. The second-order valence-electron chi connectivity index (χ2n) is 6.03. The molecule has 0 fully saturated rings. The summed E-state index contributed by atoms with van der Waals surface area (Å²) < 4.78 is 1.39. The van der Waals surface area contributed by atoms with Gasteiger partial charge in [-0.15, -0.1) is 11.3 Å². The number of hydrogen-bond donors (Lipinski definition) is 1. The first-order valence-electron chi connectivity index (χ1n) is 6.75. The number of nitrogens with one attached hydrogen (secondary N) is 1. The van der Waals surface area contributed by atoms with Crippen LogP contribution < -0.4 is 10.9 Å². The van der Waals surface area contributed by atoms with Crippen LogP contribution in [-0.2, 0) is 12.5 Å². The van der Waals surface area contributed by atoms with E-state index >= 15 is 0 Å². The third-order valence-corrected chi connectivity index (χ3v) is 4.65. The molecule has 0 atom stereocenters. The number of nitrogens with zero attached hydrogens (tertiary/aromatic N) is 2. The zero-order valence-corrected chi connectivity index (χ0v) is 13.7. The van der Waals surface area contributed by atoms with E-state index in [2.05, 4.69) is 11.4 Å². The molecule has 5 nitrogen and oxygen atoms in total. The molecule has 6 heteroatoms. The summed E-state index contributed by atoms with van der Waals surface area (Å²) in [7, 11) is 1.62. The van der Waals surface area contributed by atoms with Crippen LogP contribution in [0.4, 0.5) is 5.69 Å². The summed E-state index contributed by atoms with van der Waals surface area (Å²) in [5, 5.41) is 11.9. The number of pyridine rings is 1. The maximum atomic E-state index is 12.2. The van der Waals surface area contributed by atoms with Crippen LogP contribution in [-0.4, -0.2) is 10.5 Å². The minimum atomic E-state index is -0.396. The van der Waals surface area contributed by atoms with Crippen LogP contribution in [0.2, 0.25) is 0 Å². The topological polar surface area (TPSA) is 74.9 Å². The van der Waals surface area contributed by atoms with Crippen molar-refractivity contribution in [3.05, 3.63) is 50.1 Å². The highest BCUT2D eigenvalue weighted by atomic mass is 32.1. The average Bonchev–Trinajstić information content (AvgIpc) is 2.84. The fourth-order valence-corrected chi connectivity index (χ4v) is 2.79. The van der Waals surface area contributed by atoms with Gasteiger partial charge in [0.1, 0.15) is 10.9 Å². The number of aromatic nitrogens is 1. The van der Waals surface area contributed by atoms with E-state index < -0.39 is 5.91 Å². The lowest BCUT2D eigenvalue weighted by molar-refractivity contribution is 0.102. The van der Waals surface area contributed by atoms with Gasteiger partial charge in [-0.25, -0.2) is 0 Å². The van der Waals surface area contributed by atoms with Gasteiger partial charge >= 0.3 is 0 Å². The minimum absolute atomic E-state index is 0.0953. The third-order valence-electron chi connectivity index (χ3n) is 3.19. The van der Waals surface area contributed by atoms with Crippen molar-refractivity contribution in [1.82, 2.24) is 4.57 Å². The maximum Gasteiger partial charge on any atom is 0.255 e. The Hall–Kier alpha value is -2.39. The molecule has 0 unspecified atom stereocenters. The molecular weight excluding hydrogens is 298 g/mol. The molecule has 1 amide bonds. The van der Waals surface area contributed by atoms with Gasteiger partial charge in [0.25, 0.3) is 11.5 Å². The Morgan fingerprint density at radius 2 is 2.05 bits per heavy atom. The summed E-state index contributed by atoms with van der Waals surface area (Å²) in [6, 6.07) is 6.77. The van der Waals surface area contributed by atoms with Gasteiger partial charge in [0.15, 0.2) is 0 Å². The molecule has 2 rings (SSSR count). The zero-order valence-electron chi connectivity index (χ0n) is 12.9. The Kier molecular flexibility index (Phi) is 4.20. The molecule has 0 radical (unpaired) electrons. The number of carbonyl (C=O) groups is 1. The Bertz CT molecular complexity index is 819. The fourth-order valence-electron chi connectivity index (χ4n) is 1.82. The largest absolute Gasteiger partial charge is 0.320 e. The summed E-state index contributed by atoms with van der Waals surface area (Å²) in [5.41, 5.74) is 0.412. The molecule has 0 aliphatic heterocycles. The molecule has 2 heterocycles. The van der Waals surface area contributed by atoms with Crippen LogP contribution >= 0.6 is 11.3 Å². The molecule has 0 bridgehead atoms. The number of aryl methyl sites for hydroxylation is 1. The highest BCUT2D eigenvalue weighted by Crippen LogP contribution is 2.35. The first-order chi connectivity index (χ1) is 10.2. The van der Waals surface area contributed by atoms with Crippen LogP contribution in [0.1, 0.15) is 40.9 Å². The van der Waals surface area contributed by atoms with Gasteiger partial charge in [-0.1, -0.05) is 20.8 Å². The maximum absolute atomic E-state index is 12.2. The van der Waals surface area contributed by atoms with Gasteiger partial charge in [-0.3, -0.25) is 9.59 Å². The lowest BCUT2D eigenvalue weighted by atomic mass is 9.94. The van der Waals surface area contributed by atoms with E-state index in [1.807, 2.05) is 26.8 Å². The number of anilines is 1. The molecule has 0 aromatic carbocycles. The Morgan fingerprint density at radius 3 is 2.59 bits per heavy atom. The average molecular weight is 315 g/mol. The quantitative estimate of drug-likeness (QED) is 0.926. The fraction of sp³-hybridized carbons (Fsp3) is 0.312. The summed E-state index contributed by atoms with van der Waals surface area (Å²) in [6.07, 6.45) is 1.54. The SMILES string of the molecule is Cn1ccc(C(=O)Nc2cc(C(C)(C)C)sc2C#N)cc1=O. The first kappa shape index (κ1) is 16.0. The lowest BCUT2D eigenvalue weighted by Gasteiger charge is -2.15. The molecule has 0 saturated carbocycles. The monoisotopic (exact) mass is 315 g/mol. The third kappa shape index (κ3) is 3.26. The molecule has 0 aliphatic carbocycles. The van der Waals surface area contributed by atoms with E-state index in [0.29, 0.717) is 10.6 Å². The normalized spacial score (nSPS) is 11.0. The molecular formula is C16H17N3O2S. The van der Waals surface area contributed by atoms with Crippen molar-refractivity contribution < 1.29 is 4.79 Å². The number of thiophene rings is 1. The van der Waals surface area contributed by atoms with E-state index in [0.717, 1.165) is 4.88 Å². The number of nitriles is 1. The molecule has 114 valence electrons. The smallest absolute Gasteiger partial charge is 0.255 e.